The molecule has 2 atom stereocenters. The van der Waals surface area contributed by atoms with Crippen LogP contribution in [0.1, 0.15) is 6.92 Å². The van der Waals surface area contributed by atoms with Gasteiger partial charge in [0.15, 0.2) is 0 Å². The molecule has 1 fully saturated rings. The molecule has 0 spiro atoms. The average molecular weight is 298 g/mol. The van der Waals surface area contributed by atoms with Crippen molar-refractivity contribution in [3.05, 3.63) is 30.1 Å². The van der Waals surface area contributed by atoms with E-state index in [0.29, 0.717) is 11.4 Å². The Balaban J connectivity index is 2.21. The van der Waals surface area contributed by atoms with Gasteiger partial charge in [-0.1, -0.05) is 0 Å². The Morgan fingerprint density at radius 2 is 2.00 bits per heavy atom. The third-order valence-corrected chi connectivity index (χ3v) is 4.45. The van der Waals surface area contributed by atoms with E-state index in [0.717, 1.165) is 0 Å². The molecule has 7 heteroatoms. The highest BCUT2D eigenvalue weighted by Crippen LogP contribution is 2.30. The number of thioether (sulfide) groups is 1. The van der Waals surface area contributed by atoms with Crippen LogP contribution >= 0.6 is 11.8 Å². The molecular weight excluding hydrogens is 283 g/mol. The number of amides is 2. The van der Waals surface area contributed by atoms with E-state index in [1.54, 1.807) is 14.0 Å². The second kappa shape index (κ2) is 5.70. The van der Waals surface area contributed by atoms with Crippen molar-refractivity contribution in [1.29, 1.82) is 0 Å². The second-order valence-electron chi connectivity index (χ2n) is 4.51. The minimum Gasteiger partial charge on any atom is -0.480 e. The highest BCUT2D eigenvalue weighted by molar-refractivity contribution is 8.00. The Morgan fingerprint density at radius 3 is 2.55 bits per heavy atom. The van der Waals surface area contributed by atoms with Gasteiger partial charge in [0.05, 0.1) is 5.37 Å². The predicted octanol–water partition coefficient (Wildman–Crippen LogP) is 2.23. The van der Waals surface area contributed by atoms with E-state index in [1.807, 2.05) is 0 Å². The van der Waals surface area contributed by atoms with Crippen molar-refractivity contribution in [3.8, 4) is 0 Å². The normalized spacial score (nSPS) is 21.9. The number of urea groups is 1. The Labute approximate surface area is 120 Å². The summed E-state index contributed by atoms with van der Waals surface area (Å²) in [6.07, 6.45) is 0. The van der Waals surface area contributed by atoms with E-state index >= 15 is 0 Å². The molecule has 20 heavy (non-hydrogen) atoms. The number of hydrogen-bond donors (Lipinski definition) is 1. The van der Waals surface area contributed by atoms with Crippen molar-refractivity contribution in [1.82, 2.24) is 4.90 Å². The molecule has 0 aliphatic carbocycles. The summed E-state index contributed by atoms with van der Waals surface area (Å²) in [6, 6.07) is 4.26. The van der Waals surface area contributed by atoms with Gasteiger partial charge < -0.3 is 5.11 Å². The van der Waals surface area contributed by atoms with Gasteiger partial charge >= 0.3 is 12.0 Å². The largest absolute Gasteiger partial charge is 0.480 e. The Bertz CT molecular complexity index is 523. The number of carboxylic acid groups (broad SMARTS) is 1. The molecule has 0 bridgehead atoms. The fourth-order valence-electron chi connectivity index (χ4n) is 2.07. The quantitative estimate of drug-likeness (QED) is 0.909. The van der Waals surface area contributed by atoms with Crippen LogP contribution in [-0.2, 0) is 4.79 Å². The lowest BCUT2D eigenvalue weighted by Gasteiger charge is -2.30. The first-order valence-electron chi connectivity index (χ1n) is 6.08. The molecule has 1 aliphatic heterocycles. The van der Waals surface area contributed by atoms with Crippen molar-refractivity contribution < 1.29 is 19.1 Å². The number of aliphatic carboxylic acids is 1. The van der Waals surface area contributed by atoms with Crippen LogP contribution in [0.15, 0.2) is 24.3 Å². The van der Waals surface area contributed by atoms with Crippen molar-refractivity contribution >= 4 is 29.4 Å². The van der Waals surface area contributed by atoms with Crippen LogP contribution in [0.2, 0.25) is 0 Å². The van der Waals surface area contributed by atoms with Gasteiger partial charge in [-0.05, 0) is 31.2 Å². The molecule has 0 saturated carbocycles. The summed E-state index contributed by atoms with van der Waals surface area (Å²) in [5, 5.41) is 8.96. The molecule has 1 N–H and O–H groups in total. The van der Waals surface area contributed by atoms with E-state index in [1.165, 1.54) is 45.8 Å². The Hall–Kier alpha value is -1.76. The summed E-state index contributed by atoms with van der Waals surface area (Å²) < 4.78 is 12.9. The van der Waals surface area contributed by atoms with Crippen LogP contribution in [0.25, 0.3) is 0 Å². The van der Waals surface area contributed by atoms with Crippen LogP contribution in [0, 0.1) is 5.82 Å². The highest BCUT2D eigenvalue weighted by atomic mass is 32.2. The lowest BCUT2D eigenvalue weighted by atomic mass is 10.2. The maximum atomic E-state index is 12.9. The van der Waals surface area contributed by atoms with E-state index in [4.69, 9.17) is 5.11 Å². The first-order chi connectivity index (χ1) is 9.41. The molecule has 0 aromatic heterocycles. The third kappa shape index (κ3) is 2.72. The summed E-state index contributed by atoms with van der Waals surface area (Å²) in [5.74, 6) is -1.02. The molecular formula is C13H15FN2O3S. The summed E-state index contributed by atoms with van der Waals surface area (Å²) >= 11 is 1.42. The lowest BCUT2D eigenvalue weighted by molar-refractivity contribution is -0.141. The van der Waals surface area contributed by atoms with Gasteiger partial charge in [-0.15, -0.1) is 11.8 Å². The molecule has 1 saturated heterocycles. The summed E-state index contributed by atoms with van der Waals surface area (Å²) in [5.41, 5.74) is 0.518. The van der Waals surface area contributed by atoms with Gasteiger partial charge in [0.25, 0.3) is 0 Å². The summed E-state index contributed by atoms with van der Waals surface area (Å²) in [4.78, 5) is 26.3. The SMILES string of the molecule is CC1SCC(C(=O)O)N1C(=O)N(C)c1ccc(F)cc1. The molecule has 1 aromatic carbocycles. The van der Waals surface area contributed by atoms with Gasteiger partial charge in [0.2, 0.25) is 0 Å². The van der Waals surface area contributed by atoms with Crippen LogP contribution in [0.3, 0.4) is 0 Å². The standard InChI is InChI=1S/C13H15FN2O3S/c1-8-16(11(7-20-8)12(17)18)13(19)15(2)10-5-3-9(14)4-6-10/h3-6,8,11H,7H2,1-2H3,(H,17,18). The average Bonchev–Trinajstić information content (AvgIpc) is 2.80. The lowest BCUT2D eigenvalue weighted by Crippen LogP contribution is -2.50. The fraction of sp³-hybridized carbons (Fsp3) is 0.385. The molecule has 0 radical (unpaired) electrons. The molecule has 2 amide bonds. The van der Waals surface area contributed by atoms with Crippen molar-refractivity contribution in [2.45, 2.75) is 18.3 Å². The molecule has 1 heterocycles. The maximum Gasteiger partial charge on any atom is 0.327 e. The van der Waals surface area contributed by atoms with Crippen molar-refractivity contribution in [2.24, 2.45) is 0 Å². The molecule has 2 rings (SSSR count). The maximum absolute atomic E-state index is 12.9. The summed E-state index contributed by atoms with van der Waals surface area (Å²) in [6.45, 7) is 1.80. The van der Waals surface area contributed by atoms with E-state index in [2.05, 4.69) is 0 Å². The Morgan fingerprint density at radius 1 is 1.40 bits per heavy atom. The van der Waals surface area contributed by atoms with Gasteiger partial charge in [-0.3, -0.25) is 9.80 Å². The number of hydrogen-bond acceptors (Lipinski definition) is 3. The van der Waals surface area contributed by atoms with E-state index in [9.17, 15) is 14.0 Å². The van der Waals surface area contributed by atoms with Gasteiger partial charge in [-0.2, -0.15) is 0 Å². The number of nitrogens with zero attached hydrogens (tertiary/aromatic N) is 2. The number of carbonyl (C=O) groups is 2. The van der Waals surface area contributed by atoms with Crippen LogP contribution in [-0.4, -0.2) is 46.2 Å². The number of anilines is 1. The van der Waals surface area contributed by atoms with Crippen LogP contribution < -0.4 is 4.90 Å². The predicted molar refractivity (Wildman–Crippen MR) is 75.4 cm³/mol. The number of halogens is 1. The number of rotatable bonds is 2. The number of carbonyl (C=O) groups excluding carboxylic acids is 1. The van der Waals surface area contributed by atoms with Gasteiger partial charge in [-0.25, -0.2) is 14.0 Å². The monoisotopic (exact) mass is 298 g/mol. The van der Waals surface area contributed by atoms with Gasteiger partial charge in [0.1, 0.15) is 11.9 Å². The molecule has 1 aromatic rings. The molecule has 108 valence electrons. The molecule has 5 nitrogen and oxygen atoms in total. The van der Waals surface area contributed by atoms with Crippen LogP contribution in [0.5, 0.6) is 0 Å². The van der Waals surface area contributed by atoms with Crippen molar-refractivity contribution in [2.75, 3.05) is 17.7 Å². The minimum absolute atomic E-state index is 0.202. The first-order valence-corrected chi connectivity index (χ1v) is 7.12. The fourth-order valence-corrected chi connectivity index (χ4v) is 3.23. The van der Waals surface area contributed by atoms with Crippen molar-refractivity contribution in [3.63, 3.8) is 0 Å². The first kappa shape index (κ1) is 14.6. The third-order valence-electron chi connectivity index (χ3n) is 3.23. The van der Waals surface area contributed by atoms with E-state index in [-0.39, 0.29) is 11.2 Å². The zero-order chi connectivity index (χ0) is 14.9. The smallest absolute Gasteiger partial charge is 0.327 e. The zero-order valence-corrected chi connectivity index (χ0v) is 11.9. The second-order valence-corrected chi connectivity index (χ2v) is 5.86. The highest BCUT2D eigenvalue weighted by Gasteiger charge is 2.40. The summed E-state index contributed by atoms with van der Waals surface area (Å²) in [7, 11) is 1.55. The topological polar surface area (TPSA) is 60.9 Å². The minimum atomic E-state index is -1.01. The molecule has 1 aliphatic rings. The van der Waals surface area contributed by atoms with Crippen LogP contribution in [0.4, 0.5) is 14.9 Å². The van der Waals surface area contributed by atoms with E-state index < -0.39 is 18.0 Å². The molecule has 2 unspecified atom stereocenters. The zero-order valence-electron chi connectivity index (χ0n) is 11.1. The Kier molecular flexibility index (Phi) is 4.17. The number of benzene rings is 1. The van der Waals surface area contributed by atoms with Gasteiger partial charge in [0, 0.05) is 18.5 Å². The number of carboxylic acids is 1.